The van der Waals surface area contributed by atoms with Crippen molar-refractivity contribution in [1.82, 2.24) is 14.3 Å². The van der Waals surface area contributed by atoms with Crippen LogP contribution in [-0.4, -0.2) is 65.5 Å². The zero-order valence-electron chi connectivity index (χ0n) is 19.8. The summed E-state index contributed by atoms with van der Waals surface area (Å²) in [7, 11) is 0. The van der Waals surface area contributed by atoms with E-state index in [0.717, 1.165) is 21.6 Å². The number of anilines is 2. The van der Waals surface area contributed by atoms with Crippen LogP contribution in [0.3, 0.4) is 0 Å². The van der Waals surface area contributed by atoms with E-state index in [1.54, 1.807) is 25.3 Å². The number of piperidine rings is 1. The van der Waals surface area contributed by atoms with Crippen LogP contribution in [0.4, 0.5) is 15.8 Å². The van der Waals surface area contributed by atoms with Crippen LogP contribution < -0.4 is 10.2 Å². The molecule has 2 aliphatic rings. The summed E-state index contributed by atoms with van der Waals surface area (Å²) in [5.41, 5.74) is 3.29. The molecule has 10 heteroatoms. The van der Waals surface area contributed by atoms with Crippen LogP contribution in [0.5, 0.6) is 0 Å². The molecule has 0 bridgehead atoms. The number of amides is 2. The van der Waals surface area contributed by atoms with Gasteiger partial charge in [0.15, 0.2) is 0 Å². The highest BCUT2D eigenvalue weighted by atomic mass is 32.1. The molecule has 2 saturated heterocycles. The third kappa shape index (κ3) is 4.72. The van der Waals surface area contributed by atoms with Gasteiger partial charge in [0.25, 0.3) is 5.91 Å². The van der Waals surface area contributed by atoms with Crippen molar-refractivity contribution in [2.75, 3.05) is 49.6 Å². The number of carbonyl (C=O) groups excluding carboxylic acids is 2. The van der Waals surface area contributed by atoms with Gasteiger partial charge in [-0.1, -0.05) is 6.07 Å². The zero-order valence-corrected chi connectivity index (χ0v) is 20.7. The van der Waals surface area contributed by atoms with E-state index in [2.05, 4.69) is 19.6 Å². The third-order valence-corrected chi connectivity index (χ3v) is 7.65. The summed E-state index contributed by atoms with van der Waals surface area (Å²) >= 11 is 1.33. The summed E-state index contributed by atoms with van der Waals surface area (Å²) in [6, 6.07) is 4.73. The predicted octanol–water partition coefficient (Wildman–Crippen LogP) is 3.77. The van der Waals surface area contributed by atoms with Gasteiger partial charge in [0.1, 0.15) is 10.6 Å². The van der Waals surface area contributed by atoms with Crippen LogP contribution in [0.25, 0.3) is 10.2 Å². The molecular weight excluding hydrogens is 469 g/mol. The Morgan fingerprint density at radius 2 is 1.89 bits per heavy atom. The predicted molar refractivity (Wildman–Crippen MR) is 134 cm³/mol. The van der Waals surface area contributed by atoms with Crippen molar-refractivity contribution in [2.24, 2.45) is 5.92 Å². The van der Waals surface area contributed by atoms with Gasteiger partial charge in [-0.15, -0.1) is 0 Å². The molecule has 35 heavy (non-hydrogen) atoms. The average molecular weight is 498 g/mol. The maximum atomic E-state index is 13.9. The Morgan fingerprint density at radius 1 is 1.14 bits per heavy atom. The molecule has 0 saturated carbocycles. The van der Waals surface area contributed by atoms with Crippen LogP contribution in [0, 0.1) is 25.6 Å². The monoisotopic (exact) mass is 497 g/mol. The van der Waals surface area contributed by atoms with Gasteiger partial charge in [-0.3, -0.25) is 9.59 Å². The van der Waals surface area contributed by atoms with E-state index in [9.17, 15) is 14.0 Å². The summed E-state index contributed by atoms with van der Waals surface area (Å²) in [4.78, 5) is 35.7. The van der Waals surface area contributed by atoms with Crippen LogP contribution in [-0.2, 0) is 9.53 Å². The molecule has 0 spiro atoms. The first-order valence-electron chi connectivity index (χ1n) is 11.9. The first kappa shape index (κ1) is 23.6. The lowest BCUT2D eigenvalue weighted by atomic mass is 9.94. The fourth-order valence-electron chi connectivity index (χ4n) is 4.74. The second-order valence-electron chi connectivity index (χ2n) is 9.09. The topological polar surface area (TPSA) is 87.7 Å². The normalized spacial score (nSPS) is 17.1. The van der Waals surface area contributed by atoms with Crippen molar-refractivity contribution >= 4 is 44.9 Å². The third-order valence-electron chi connectivity index (χ3n) is 6.80. The number of halogens is 1. The van der Waals surface area contributed by atoms with Crippen molar-refractivity contribution in [1.29, 1.82) is 0 Å². The molecule has 1 aromatic carbocycles. The number of rotatable bonds is 4. The first-order chi connectivity index (χ1) is 16.9. The van der Waals surface area contributed by atoms with Crippen molar-refractivity contribution < 1.29 is 18.7 Å². The number of nitrogens with one attached hydrogen (secondary N) is 1. The smallest absolute Gasteiger partial charge is 0.257 e. The van der Waals surface area contributed by atoms with E-state index in [1.807, 2.05) is 11.8 Å². The minimum absolute atomic E-state index is 0.0513. The van der Waals surface area contributed by atoms with E-state index in [4.69, 9.17) is 4.74 Å². The Labute approximate surface area is 207 Å². The summed E-state index contributed by atoms with van der Waals surface area (Å²) in [6.07, 6.45) is 2.93. The number of hydrogen-bond donors (Lipinski definition) is 1. The van der Waals surface area contributed by atoms with Crippen LogP contribution >= 0.6 is 11.5 Å². The fourth-order valence-corrected chi connectivity index (χ4v) is 5.49. The van der Waals surface area contributed by atoms with Crippen molar-refractivity contribution in [3.8, 4) is 0 Å². The Hall–Kier alpha value is -3.11. The van der Waals surface area contributed by atoms with Gasteiger partial charge in [0, 0.05) is 44.0 Å². The van der Waals surface area contributed by atoms with Crippen molar-refractivity contribution in [3.05, 3.63) is 47.0 Å². The molecule has 2 aliphatic heterocycles. The zero-order chi connectivity index (χ0) is 24.5. The van der Waals surface area contributed by atoms with Gasteiger partial charge in [-0.05, 0) is 55.9 Å². The number of nitrogens with zero attached hydrogens (tertiary/aromatic N) is 4. The number of pyridine rings is 1. The summed E-state index contributed by atoms with van der Waals surface area (Å²) in [5, 5.41) is 3.76. The lowest BCUT2D eigenvalue weighted by molar-refractivity contribution is -0.120. The molecule has 2 amide bonds. The Bertz CT molecular complexity index is 1270. The van der Waals surface area contributed by atoms with Gasteiger partial charge in [-0.25, -0.2) is 9.37 Å². The highest BCUT2D eigenvalue weighted by Gasteiger charge is 2.31. The van der Waals surface area contributed by atoms with Gasteiger partial charge >= 0.3 is 0 Å². The highest BCUT2D eigenvalue weighted by molar-refractivity contribution is 7.13. The molecule has 184 valence electrons. The van der Waals surface area contributed by atoms with E-state index >= 15 is 0 Å². The Morgan fingerprint density at radius 3 is 2.60 bits per heavy atom. The lowest BCUT2D eigenvalue weighted by Crippen LogP contribution is -2.42. The molecule has 0 aliphatic carbocycles. The maximum absolute atomic E-state index is 13.9. The largest absolute Gasteiger partial charge is 0.378 e. The van der Waals surface area contributed by atoms with Crippen LogP contribution in [0.2, 0.25) is 0 Å². The first-order valence-corrected chi connectivity index (χ1v) is 12.6. The number of fused-ring (bicyclic) bond motifs is 1. The summed E-state index contributed by atoms with van der Waals surface area (Å²) < 4.78 is 23.8. The number of aromatic nitrogens is 2. The van der Waals surface area contributed by atoms with E-state index < -0.39 is 0 Å². The molecule has 0 atom stereocenters. The van der Waals surface area contributed by atoms with Crippen LogP contribution in [0.15, 0.2) is 24.4 Å². The summed E-state index contributed by atoms with van der Waals surface area (Å²) in [5.74, 6) is -0.681. The molecule has 5 rings (SSSR count). The molecule has 0 unspecified atom stereocenters. The molecule has 8 nitrogen and oxygen atoms in total. The molecule has 2 aromatic heterocycles. The van der Waals surface area contributed by atoms with Gasteiger partial charge in [-0.2, -0.15) is 4.37 Å². The number of aryl methyl sites for hydroxylation is 2. The second kappa shape index (κ2) is 9.87. The molecule has 3 aromatic rings. The van der Waals surface area contributed by atoms with E-state index in [-0.39, 0.29) is 23.5 Å². The number of carbonyl (C=O) groups is 2. The highest BCUT2D eigenvalue weighted by Crippen LogP contribution is 2.37. The standard InChI is InChI=1S/C25H28FN5O3S/c1-15-3-4-18(13-20(15)26)28-23(32)17-5-7-30(8-6-17)22-19(25(33)31-9-11-34-12-10-31)14-27-24-21(22)16(2)29-35-24/h3-4,13-14,17H,5-12H2,1-2H3,(H,28,32). The molecule has 0 radical (unpaired) electrons. The maximum Gasteiger partial charge on any atom is 0.257 e. The Kier molecular flexibility index (Phi) is 6.66. The van der Waals surface area contributed by atoms with Crippen LogP contribution in [0.1, 0.15) is 34.5 Å². The SMILES string of the molecule is Cc1ccc(NC(=O)C2CCN(c3c(C(=O)N4CCOCC4)cnc4snc(C)c34)CC2)cc1F. The number of hydrogen-bond acceptors (Lipinski definition) is 7. The van der Waals surface area contributed by atoms with Crippen molar-refractivity contribution in [2.45, 2.75) is 26.7 Å². The lowest BCUT2D eigenvalue weighted by Gasteiger charge is -2.35. The van der Waals surface area contributed by atoms with Gasteiger partial charge < -0.3 is 19.9 Å². The molecular formula is C25H28FN5O3S. The number of morpholine rings is 1. The fraction of sp³-hybridized carbons (Fsp3) is 0.440. The van der Waals surface area contributed by atoms with E-state index in [0.29, 0.717) is 69.0 Å². The number of ether oxygens (including phenoxy) is 1. The Balaban J connectivity index is 1.36. The molecule has 2 fully saturated rings. The molecule has 4 heterocycles. The molecule has 1 N–H and O–H groups in total. The second-order valence-corrected chi connectivity index (χ2v) is 9.84. The summed E-state index contributed by atoms with van der Waals surface area (Å²) in [6.45, 7) is 7.04. The quantitative estimate of drug-likeness (QED) is 0.590. The minimum atomic E-state index is -0.337. The van der Waals surface area contributed by atoms with Gasteiger partial charge in [0.05, 0.1) is 35.5 Å². The average Bonchev–Trinajstić information content (AvgIpc) is 3.26. The van der Waals surface area contributed by atoms with Crippen molar-refractivity contribution in [3.63, 3.8) is 0 Å². The van der Waals surface area contributed by atoms with E-state index in [1.165, 1.54) is 17.6 Å². The minimum Gasteiger partial charge on any atom is -0.378 e. The number of benzene rings is 1. The van der Waals surface area contributed by atoms with Gasteiger partial charge in [0.2, 0.25) is 5.91 Å².